The molecule has 2 heterocycles. The number of hydrogen-bond acceptors (Lipinski definition) is 3. The Morgan fingerprint density at radius 2 is 1.81 bits per heavy atom. The van der Waals surface area contributed by atoms with Crippen molar-refractivity contribution in [1.82, 2.24) is 0 Å². The molecule has 1 aliphatic heterocycles. The van der Waals surface area contributed by atoms with Gasteiger partial charge >= 0.3 is 0 Å². The number of carbonyl (C=O) groups excluding carboxylic acids is 1. The molecule has 162 valence electrons. The van der Waals surface area contributed by atoms with Crippen LogP contribution in [0.1, 0.15) is 18.9 Å². The molecule has 5 heteroatoms. The number of carbonyl (C=O) groups is 1. The predicted octanol–water partition coefficient (Wildman–Crippen LogP) is 4.29. The number of methoxy groups -OCH3 is 1. The molecule has 0 bridgehead atoms. The molecule has 0 radical (unpaired) electrons. The molecule has 32 heavy (non-hydrogen) atoms. The number of hydrogen-bond donors (Lipinski definition) is 2. The standard InChI is InChI=1S/C27H26N2O3/c1-18(29-14-12-20(13-15-29)19-8-4-3-5-9-19)27(30)28-23-17-25-22(16-26(23)31-2)21-10-6-7-11-24(21)32-25/h3-12,16-18H,13-15H2,1-2H3,(H,28,30)/p+1/t18-/m1/s1. The normalized spacial score (nSPS) is 17.2. The Balaban J connectivity index is 1.34. The van der Waals surface area contributed by atoms with E-state index in [9.17, 15) is 4.79 Å². The highest BCUT2D eigenvalue weighted by Gasteiger charge is 2.28. The van der Waals surface area contributed by atoms with Gasteiger partial charge in [0.1, 0.15) is 16.9 Å². The summed E-state index contributed by atoms with van der Waals surface area (Å²) in [5.74, 6) is 0.606. The van der Waals surface area contributed by atoms with Crippen molar-refractivity contribution in [3.05, 3.63) is 78.4 Å². The molecule has 5 rings (SSSR count). The fourth-order valence-corrected chi connectivity index (χ4v) is 4.51. The smallest absolute Gasteiger partial charge is 0.282 e. The number of benzene rings is 3. The van der Waals surface area contributed by atoms with Gasteiger partial charge in [0.2, 0.25) is 0 Å². The molecular formula is C27H27N2O3+. The van der Waals surface area contributed by atoms with Gasteiger partial charge in [-0.2, -0.15) is 0 Å². The van der Waals surface area contributed by atoms with Gasteiger partial charge in [-0.3, -0.25) is 4.79 Å². The van der Waals surface area contributed by atoms with Crippen molar-refractivity contribution in [2.24, 2.45) is 0 Å². The van der Waals surface area contributed by atoms with Gasteiger partial charge in [-0.15, -0.1) is 0 Å². The molecule has 2 N–H and O–H groups in total. The molecule has 1 aromatic heterocycles. The van der Waals surface area contributed by atoms with E-state index in [0.29, 0.717) is 11.4 Å². The number of amides is 1. The molecule has 2 atom stereocenters. The van der Waals surface area contributed by atoms with Crippen LogP contribution in [0.3, 0.4) is 0 Å². The molecule has 4 aromatic rings. The lowest BCUT2D eigenvalue weighted by Gasteiger charge is -2.28. The lowest BCUT2D eigenvalue weighted by atomic mass is 9.99. The lowest BCUT2D eigenvalue weighted by Crippen LogP contribution is -3.17. The molecule has 0 aliphatic carbocycles. The zero-order chi connectivity index (χ0) is 22.1. The first-order valence-corrected chi connectivity index (χ1v) is 11.0. The van der Waals surface area contributed by atoms with E-state index < -0.39 is 0 Å². The third-order valence-electron chi connectivity index (χ3n) is 6.43. The van der Waals surface area contributed by atoms with Crippen molar-refractivity contribution in [2.75, 3.05) is 25.5 Å². The molecule has 1 unspecified atom stereocenters. The second-order valence-corrected chi connectivity index (χ2v) is 8.32. The van der Waals surface area contributed by atoms with Crippen LogP contribution in [0.2, 0.25) is 0 Å². The first-order chi connectivity index (χ1) is 15.6. The van der Waals surface area contributed by atoms with Crippen molar-refractivity contribution < 1.29 is 18.8 Å². The van der Waals surface area contributed by atoms with Crippen LogP contribution in [-0.2, 0) is 4.79 Å². The summed E-state index contributed by atoms with van der Waals surface area (Å²) in [6.45, 7) is 3.74. The van der Waals surface area contributed by atoms with Gasteiger partial charge in [-0.05, 0) is 36.3 Å². The predicted molar refractivity (Wildman–Crippen MR) is 128 cm³/mol. The molecule has 0 saturated heterocycles. The first-order valence-electron chi connectivity index (χ1n) is 11.0. The van der Waals surface area contributed by atoms with Gasteiger partial charge < -0.3 is 19.4 Å². The number of ether oxygens (including phenoxy) is 1. The van der Waals surface area contributed by atoms with Gasteiger partial charge in [0, 0.05) is 23.3 Å². The molecule has 0 fully saturated rings. The highest BCUT2D eigenvalue weighted by Crippen LogP contribution is 2.36. The van der Waals surface area contributed by atoms with Crippen LogP contribution in [0.25, 0.3) is 27.5 Å². The van der Waals surface area contributed by atoms with Crippen molar-refractivity contribution in [3.8, 4) is 5.75 Å². The van der Waals surface area contributed by atoms with Gasteiger partial charge in [0.15, 0.2) is 6.04 Å². The maximum Gasteiger partial charge on any atom is 0.282 e. The van der Waals surface area contributed by atoms with Crippen LogP contribution in [0.15, 0.2) is 77.2 Å². The Morgan fingerprint density at radius 1 is 1.03 bits per heavy atom. The van der Waals surface area contributed by atoms with E-state index in [1.807, 2.05) is 49.4 Å². The molecule has 1 aliphatic rings. The van der Waals surface area contributed by atoms with Gasteiger partial charge in [-0.25, -0.2) is 0 Å². The van der Waals surface area contributed by atoms with Crippen molar-refractivity contribution in [1.29, 1.82) is 0 Å². The molecule has 3 aromatic carbocycles. The maximum absolute atomic E-state index is 13.1. The van der Waals surface area contributed by atoms with Crippen LogP contribution in [-0.4, -0.2) is 32.1 Å². The largest absolute Gasteiger partial charge is 0.495 e. The molecular weight excluding hydrogens is 400 g/mol. The van der Waals surface area contributed by atoms with E-state index in [0.717, 1.165) is 41.4 Å². The minimum atomic E-state index is -0.181. The van der Waals surface area contributed by atoms with Crippen LogP contribution in [0, 0.1) is 0 Å². The monoisotopic (exact) mass is 427 g/mol. The second kappa shape index (κ2) is 8.52. The van der Waals surface area contributed by atoms with Crippen molar-refractivity contribution in [2.45, 2.75) is 19.4 Å². The first kappa shape index (κ1) is 20.3. The zero-order valence-electron chi connectivity index (χ0n) is 18.4. The van der Waals surface area contributed by atoms with E-state index in [1.54, 1.807) is 7.11 Å². The Morgan fingerprint density at radius 3 is 2.56 bits per heavy atom. The number of anilines is 1. The van der Waals surface area contributed by atoms with Crippen LogP contribution in [0.5, 0.6) is 5.75 Å². The summed E-state index contributed by atoms with van der Waals surface area (Å²) in [6.07, 6.45) is 3.23. The molecule has 5 nitrogen and oxygen atoms in total. The van der Waals surface area contributed by atoms with E-state index in [4.69, 9.17) is 9.15 Å². The lowest BCUT2D eigenvalue weighted by molar-refractivity contribution is -0.909. The summed E-state index contributed by atoms with van der Waals surface area (Å²) in [4.78, 5) is 14.4. The van der Waals surface area contributed by atoms with Crippen molar-refractivity contribution >= 4 is 39.1 Å². The Labute approximate surface area is 187 Å². The number of furan rings is 1. The van der Waals surface area contributed by atoms with Gasteiger partial charge in [0.05, 0.1) is 25.9 Å². The summed E-state index contributed by atoms with van der Waals surface area (Å²) >= 11 is 0. The molecule has 0 saturated carbocycles. The van der Waals surface area contributed by atoms with Crippen molar-refractivity contribution in [3.63, 3.8) is 0 Å². The summed E-state index contributed by atoms with van der Waals surface area (Å²) in [6, 6.07) is 22.0. The average Bonchev–Trinajstić information content (AvgIpc) is 3.21. The fourth-order valence-electron chi connectivity index (χ4n) is 4.51. The maximum atomic E-state index is 13.1. The highest BCUT2D eigenvalue weighted by atomic mass is 16.5. The van der Waals surface area contributed by atoms with E-state index >= 15 is 0 Å². The van der Waals surface area contributed by atoms with E-state index in [-0.39, 0.29) is 11.9 Å². The average molecular weight is 428 g/mol. The number of fused-ring (bicyclic) bond motifs is 3. The molecule has 1 amide bonds. The second-order valence-electron chi connectivity index (χ2n) is 8.32. The van der Waals surface area contributed by atoms with Gasteiger partial charge in [0.25, 0.3) is 5.91 Å². The summed E-state index contributed by atoms with van der Waals surface area (Å²) < 4.78 is 11.6. The number of rotatable bonds is 5. The van der Waals surface area contributed by atoms with Gasteiger partial charge in [-0.1, -0.05) is 48.5 Å². The SMILES string of the molecule is COc1cc2c(cc1NC(=O)[C@@H](C)[NH+]1CC=C(c3ccccc3)CC1)oc1ccccc12. The number of quaternary nitrogens is 1. The minimum Gasteiger partial charge on any atom is -0.495 e. The Kier molecular flexibility index (Phi) is 5.41. The summed E-state index contributed by atoms with van der Waals surface area (Å²) in [5, 5.41) is 5.08. The van der Waals surface area contributed by atoms with Crippen LogP contribution in [0.4, 0.5) is 5.69 Å². The number of nitrogens with one attached hydrogen (secondary N) is 2. The van der Waals surface area contributed by atoms with Crippen LogP contribution < -0.4 is 15.0 Å². The quantitative estimate of drug-likeness (QED) is 0.500. The zero-order valence-corrected chi connectivity index (χ0v) is 18.4. The highest BCUT2D eigenvalue weighted by molar-refractivity contribution is 6.08. The summed E-state index contributed by atoms with van der Waals surface area (Å²) in [7, 11) is 1.62. The van der Waals surface area contributed by atoms with E-state index in [1.165, 1.54) is 16.0 Å². The summed E-state index contributed by atoms with van der Waals surface area (Å²) in [5.41, 5.74) is 4.82. The third kappa shape index (κ3) is 3.76. The number of para-hydroxylation sites is 1. The fraction of sp³-hybridized carbons (Fsp3) is 0.222. The Hall–Kier alpha value is -3.57. The van der Waals surface area contributed by atoms with Crippen LogP contribution >= 0.6 is 0 Å². The minimum absolute atomic E-state index is 0.0228. The van der Waals surface area contributed by atoms with E-state index in [2.05, 4.69) is 35.7 Å². The third-order valence-corrected chi connectivity index (χ3v) is 6.43. The molecule has 0 spiro atoms. The Bertz CT molecular complexity index is 1310. The topological polar surface area (TPSA) is 55.9 Å².